The van der Waals surface area contributed by atoms with Crippen LogP contribution in [0.15, 0.2) is 18.5 Å². The molecule has 4 rings (SSSR count). The number of hydrogen-bond acceptors (Lipinski definition) is 4. The Bertz CT molecular complexity index is 700. The van der Waals surface area contributed by atoms with Crippen molar-refractivity contribution in [3.05, 3.63) is 29.7 Å². The molecule has 0 radical (unpaired) electrons. The van der Waals surface area contributed by atoms with Crippen molar-refractivity contribution < 1.29 is 4.74 Å². The normalized spacial score (nSPS) is 24.2. The molecule has 1 saturated carbocycles. The third kappa shape index (κ3) is 3.45. The Labute approximate surface area is 149 Å². The third-order valence-corrected chi connectivity index (χ3v) is 5.74. The topological polar surface area (TPSA) is 56.9 Å². The largest absolute Gasteiger partial charge is 0.373 e. The summed E-state index contributed by atoms with van der Waals surface area (Å²) in [5.41, 5.74) is 2.45. The molecule has 1 aliphatic heterocycles. The molecule has 6 heteroatoms. The predicted octanol–water partition coefficient (Wildman–Crippen LogP) is 3.48. The summed E-state index contributed by atoms with van der Waals surface area (Å²) in [6.45, 7) is 4.74. The van der Waals surface area contributed by atoms with Crippen LogP contribution >= 0.6 is 0 Å². The van der Waals surface area contributed by atoms with Crippen LogP contribution in [-0.4, -0.2) is 32.7 Å². The van der Waals surface area contributed by atoms with Crippen molar-refractivity contribution in [1.82, 2.24) is 19.6 Å². The van der Waals surface area contributed by atoms with Crippen LogP contribution in [0.5, 0.6) is 0 Å². The van der Waals surface area contributed by atoms with Crippen LogP contribution in [-0.2, 0) is 18.3 Å². The maximum absolute atomic E-state index is 6.00. The number of rotatable bonds is 6. The Morgan fingerprint density at radius 1 is 1.28 bits per heavy atom. The highest BCUT2D eigenvalue weighted by Crippen LogP contribution is 2.36. The second-order valence-corrected chi connectivity index (χ2v) is 7.41. The summed E-state index contributed by atoms with van der Waals surface area (Å²) >= 11 is 0. The maximum Gasteiger partial charge on any atom is 0.124 e. The molecule has 1 saturated heterocycles. The van der Waals surface area contributed by atoms with E-state index in [-0.39, 0.29) is 6.10 Å². The van der Waals surface area contributed by atoms with Crippen molar-refractivity contribution in [2.45, 2.75) is 57.6 Å². The molecule has 1 N–H and O–H groups in total. The van der Waals surface area contributed by atoms with E-state index in [1.54, 1.807) is 0 Å². The minimum atomic E-state index is 0.148. The SMILES string of the molecule is CCn1cc([C@H]2OCC[C@@H]2CNc2cc(C3CCCC3)nn2C)cn1. The van der Waals surface area contributed by atoms with Crippen molar-refractivity contribution in [1.29, 1.82) is 0 Å². The Hall–Kier alpha value is -1.82. The Morgan fingerprint density at radius 2 is 2.12 bits per heavy atom. The molecule has 2 fully saturated rings. The number of aryl methyl sites for hydroxylation is 2. The number of anilines is 1. The first-order valence-electron chi connectivity index (χ1n) is 9.66. The highest BCUT2D eigenvalue weighted by molar-refractivity contribution is 5.38. The fourth-order valence-electron chi connectivity index (χ4n) is 4.22. The number of ether oxygens (including phenoxy) is 1. The van der Waals surface area contributed by atoms with E-state index in [2.05, 4.69) is 29.6 Å². The fraction of sp³-hybridized carbons (Fsp3) is 0.684. The lowest BCUT2D eigenvalue weighted by Crippen LogP contribution is -2.19. The summed E-state index contributed by atoms with van der Waals surface area (Å²) in [6, 6.07) is 2.25. The van der Waals surface area contributed by atoms with Gasteiger partial charge in [0.2, 0.25) is 0 Å². The predicted molar refractivity (Wildman–Crippen MR) is 97.6 cm³/mol. The van der Waals surface area contributed by atoms with E-state index in [4.69, 9.17) is 9.84 Å². The van der Waals surface area contributed by atoms with E-state index >= 15 is 0 Å². The molecule has 0 spiro atoms. The van der Waals surface area contributed by atoms with Gasteiger partial charge in [-0.15, -0.1) is 0 Å². The van der Waals surface area contributed by atoms with Gasteiger partial charge in [0.05, 0.1) is 18.0 Å². The van der Waals surface area contributed by atoms with Crippen molar-refractivity contribution >= 4 is 5.82 Å². The molecule has 6 nitrogen and oxygen atoms in total. The highest BCUT2D eigenvalue weighted by atomic mass is 16.5. The first kappa shape index (κ1) is 16.6. The molecule has 2 aromatic heterocycles. The molecule has 25 heavy (non-hydrogen) atoms. The zero-order valence-corrected chi connectivity index (χ0v) is 15.3. The summed E-state index contributed by atoms with van der Waals surface area (Å²) in [5.74, 6) is 2.25. The average molecular weight is 343 g/mol. The lowest BCUT2D eigenvalue weighted by Gasteiger charge is -2.18. The maximum atomic E-state index is 6.00. The van der Waals surface area contributed by atoms with Gasteiger partial charge in [0.1, 0.15) is 5.82 Å². The molecule has 2 atom stereocenters. The molecular formula is C19H29N5O. The molecule has 0 unspecified atom stereocenters. The fourth-order valence-corrected chi connectivity index (χ4v) is 4.22. The Morgan fingerprint density at radius 3 is 2.88 bits per heavy atom. The molecular weight excluding hydrogens is 314 g/mol. The molecule has 1 aliphatic carbocycles. The minimum absolute atomic E-state index is 0.148. The quantitative estimate of drug-likeness (QED) is 0.872. The highest BCUT2D eigenvalue weighted by Gasteiger charge is 2.31. The third-order valence-electron chi connectivity index (χ3n) is 5.74. The van der Waals surface area contributed by atoms with Gasteiger partial charge in [0.15, 0.2) is 0 Å². The van der Waals surface area contributed by atoms with Gasteiger partial charge >= 0.3 is 0 Å². The van der Waals surface area contributed by atoms with Gasteiger partial charge < -0.3 is 10.1 Å². The Kier molecular flexibility index (Phi) is 4.79. The van der Waals surface area contributed by atoms with E-state index in [1.807, 2.05) is 22.6 Å². The Balaban J connectivity index is 1.40. The molecule has 2 aliphatic rings. The van der Waals surface area contributed by atoms with E-state index in [0.717, 1.165) is 31.9 Å². The van der Waals surface area contributed by atoms with Crippen molar-refractivity contribution in [3.63, 3.8) is 0 Å². The van der Waals surface area contributed by atoms with Crippen molar-refractivity contribution in [2.24, 2.45) is 13.0 Å². The first-order valence-corrected chi connectivity index (χ1v) is 9.66. The summed E-state index contributed by atoms with van der Waals surface area (Å²) in [5, 5.41) is 12.7. The van der Waals surface area contributed by atoms with Crippen LogP contribution in [0.25, 0.3) is 0 Å². The number of hydrogen-bond donors (Lipinski definition) is 1. The van der Waals surface area contributed by atoms with Gasteiger partial charge in [0, 0.05) is 56.4 Å². The number of nitrogens with zero attached hydrogens (tertiary/aromatic N) is 4. The van der Waals surface area contributed by atoms with Gasteiger partial charge in [-0.2, -0.15) is 10.2 Å². The number of nitrogens with one attached hydrogen (secondary N) is 1. The van der Waals surface area contributed by atoms with Crippen LogP contribution in [0, 0.1) is 5.92 Å². The lowest BCUT2D eigenvalue weighted by atomic mass is 9.97. The number of aromatic nitrogens is 4. The second-order valence-electron chi connectivity index (χ2n) is 7.41. The van der Waals surface area contributed by atoms with Gasteiger partial charge in [-0.1, -0.05) is 12.8 Å². The average Bonchev–Trinajstić information content (AvgIpc) is 3.38. The monoisotopic (exact) mass is 343 g/mol. The van der Waals surface area contributed by atoms with Gasteiger partial charge in [-0.05, 0) is 26.2 Å². The smallest absolute Gasteiger partial charge is 0.124 e. The molecule has 0 amide bonds. The standard InChI is InChI=1S/C19H29N5O/c1-3-24-13-16(12-21-24)19-15(8-9-25-19)11-20-18-10-17(22-23(18)2)14-6-4-5-7-14/h10,12-15,19-20H,3-9,11H2,1-2H3/t15-,19+/m1/s1. The van der Waals surface area contributed by atoms with E-state index in [0.29, 0.717) is 11.8 Å². The molecule has 3 heterocycles. The molecule has 136 valence electrons. The summed E-state index contributed by atoms with van der Waals surface area (Å²) in [6.07, 6.45) is 10.6. The van der Waals surface area contributed by atoms with Crippen molar-refractivity contribution in [3.8, 4) is 0 Å². The van der Waals surface area contributed by atoms with E-state index < -0.39 is 0 Å². The lowest BCUT2D eigenvalue weighted by molar-refractivity contribution is 0.0932. The zero-order valence-electron chi connectivity index (χ0n) is 15.3. The molecule has 0 bridgehead atoms. The summed E-state index contributed by atoms with van der Waals surface area (Å²) < 4.78 is 9.96. The zero-order chi connectivity index (χ0) is 17.2. The summed E-state index contributed by atoms with van der Waals surface area (Å²) in [4.78, 5) is 0. The van der Waals surface area contributed by atoms with Crippen LogP contribution in [0.3, 0.4) is 0 Å². The van der Waals surface area contributed by atoms with Crippen molar-refractivity contribution in [2.75, 3.05) is 18.5 Å². The summed E-state index contributed by atoms with van der Waals surface area (Å²) in [7, 11) is 2.04. The first-order chi connectivity index (χ1) is 12.2. The van der Waals surface area contributed by atoms with Crippen LogP contribution < -0.4 is 5.32 Å². The second kappa shape index (κ2) is 7.20. The van der Waals surface area contributed by atoms with Gasteiger partial charge in [-0.25, -0.2) is 0 Å². The van der Waals surface area contributed by atoms with Gasteiger partial charge in [-0.3, -0.25) is 9.36 Å². The molecule has 0 aromatic carbocycles. The van der Waals surface area contributed by atoms with Crippen LogP contribution in [0.1, 0.15) is 62.3 Å². The van der Waals surface area contributed by atoms with Crippen LogP contribution in [0.4, 0.5) is 5.82 Å². The van der Waals surface area contributed by atoms with Gasteiger partial charge in [0.25, 0.3) is 0 Å². The van der Waals surface area contributed by atoms with Crippen LogP contribution in [0.2, 0.25) is 0 Å². The molecule has 2 aromatic rings. The van der Waals surface area contributed by atoms with E-state index in [9.17, 15) is 0 Å². The van der Waals surface area contributed by atoms with E-state index in [1.165, 1.54) is 36.9 Å². The minimum Gasteiger partial charge on any atom is -0.373 e.